The van der Waals surface area contributed by atoms with E-state index in [1.807, 2.05) is 0 Å². The van der Waals surface area contributed by atoms with Crippen LogP contribution in [-0.2, 0) is 19.3 Å². The lowest BCUT2D eigenvalue weighted by atomic mass is 10.0. The fraction of sp³-hybridized carbons (Fsp3) is 0.412. The Morgan fingerprint density at radius 2 is 2.05 bits per heavy atom. The topological polar surface area (TPSA) is 57.8 Å². The number of benzene rings is 1. The van der Waals surface area contributed by atoms with Crippen LogP contribution in [-0.4, -0.2) is 21.6 Å². The fourth-order valence-corrected chi connectivity index (χ4v) is 3.30. The average Bonchev–Trinajstić information content (AvgIpc) is 2.93. The van der Waals surface area contributed by atoms with Crippen molar-refractivity contribution in [2.24, 2.45) is 0 Å². The number of rotatable bonds is 4. The van der Waals surface area contributed by atoms with Gasteiger partial charge in [0.05, 0.1) is 0 Å². The molecule has 0 bridgehead atoms. The van der Waals surface area contributed by atoms with Gasteiger partial charge in [-0.1, -0.05) is 12.1 Å². The minimum Gasteiger partial charge on any atom is -0.345 e. The number of amides is 1. The molecule has 5 heteroatoms. The monoisotopic (exact) mass is 299 g/mol. The van der Waals surface area contributed by atoms with Gasteiger partial charge >= 0.3 is 0 Å². The van der Waals surface area contributed by atoms with Gasteiger partial charge in [0.15, 0.2) is 5.69 Å². The number of aromatic amines is 1. The molecule has 4 nitrogen and oxygen atoms in total. The zero-order valence-electron chi connectivity index (χ0n) is 12.3. The van der Waals surface area contributed by atoms with Gasteiger partial charge in [-0.15, -0.1) is 0 Å². The van der Waals surface area contributed by atoms with E-state index >= 15 is 0 Å². The molecule has 1 aromatic heterocycles. The van der Waals surface area contributed by atoms with E-state index < -0.39 is 0 Å². The summed E-state index contributed by atoms with van der Waals surface area (Å²) in [6, 6.07) is 6.50. The van der Waals surface area contributed by atoms with Crippen LogP contribution in [0.5, 0.6) is 0 Å². The smallest absolute Gasteiger partial charge is 0.272 e. The Hall–Kier alpha value is -2.17. The number of halogens is 1. The molecular weight excluding hydrogens is 281 g/mol. The first-order valence-electron chi connectivity index (χ1n) is 7.78. The van der Waals surface area contributed by atoms with Gasteiger partial charge in [0, 0.05) is 16.8 Å². The fourth-order valence-electron chi connectivity index (χ4n) is 3.30. The van der Waals surface area contributed by atoms with E-state index in [9.17, 15) is 9.18 Å². The molecule has 1 fully saturated rings. The second-order valence-electron chi connectivity index (χ2n) is 6.42. The van der Waals surface area contributed by atoms with E-state index in [1.165, 1.54) is 12.1 Å². The van der Waals surface area contributed by atoms with Crippen molar-refractivity contribution in [2.45, 2.75) is 44.1 Å². The molecule has 22 heavy (non-hydrogen) atoms. The largest absolute Gasteiger partial charge is 0.345 e. The predicted molar refractivity (Wildman–Crippen MR) is 80.1 cm³/mol. The molecule has 0 radical (unpaired) electrons. The molecule has 0 atom stereocenters. The average molecular weight is 299 g/mol. The van der Waals surface area contributed by atoms with Gasteiger partial charge in [-0.3, -0.25) is 9.89 Å². The Balaban J connectivity index is 1.48. The first-order valence-corrected chi connectivity index (χ1v) is 7.78. The van der Waals surface area contributed by atoms with Crippen LogP contribution in [0.25, 0.3) is 0 Å². The molecule has 0 aliphatic heterocycles. The zero-order valence-corrected chi connectivity index (χ0v) is 12.3. The SMILES string of the molecule is O=C(NC1(Cc2ccc(F)cc2)CC1)c1n[nH]c2c1CCC2. The molecule has 0 saturated heterocycles. The number of nitrogens with zero attached hydrogens (tertiary/aromatic N) is 1. The van der Waals surface area contributed by atoms with Crippen molar-refractivity contribution in [1.29, 1.82) is 0 Å². The molecule has 1 heterocycles. The number of hydrogen-bond acceptors (Lipinski definition) is 2. The number of aryl methyl sites for hydroxylation is 1. The summed E-state index contributed by atoms with van der Waals surface area (Å²) in [5.74, 6) is -0.316. The highest BCUT2D eigenvalue weighted by atomic mass is 19.1. The van der Waals surface area contributed by atoms with Gasteiger partial charge < -0.3 is 5.32 Å². The molecule has 1 amide bonds. The standard InChI is InChI=1S/C17H18FN3O/c18-12-6-4-11(5-7-12)10-17(8-9-17)19-16(22)15-13-2-1-3-14(13)20-21-15/h4-7H,1-3,8-10H2,(H,19,22)(H,20,21). The molecule has 114 valence electrons. The van der Waals surface area contributed by atoms with E-state index in [1.54, 1.807) is 12.1 Å². The predicted octanol–water partition coefficient (Wildman–Crippen LogP) is 2.54. The highest BCUT2D eigenvalue weighted by Crippen LogP contribution is 2.39. The molecular formula is C17H18FN3O. The summed E-state index contributed by atoms with van der Waals surface area (Å²) in [4.78, 5) is 12.5. The quantitative estimate of drug-likeness (QED) is 0.911. The Morgan fingerprint density at radius 1 is 1.27 bits per heavy atom. The first kappa shape index (κ1) is 13.5. The molecule has 2 aliphatic rings. The highest BCUT2D eigenvalue weighted by molar-refractivity contribution is 5.94. The van der Waals surface area contributed by atoms with Crippen LogP contribution in [0.4, 0.5) is 4.39 Å². The van der Waals surface area contributed by atoms with E-state index in [4.69, 9.17) is 0 Å². The molecule has 0 unspecified atom stereocenters. The Bertz CT molecular complexity index is 716. The van der Waals surface area contributed by atoms with Crippen molar-refractivity contribution in [3.05, 3.63) is 52.6 Å². The third-order valence-corrected chi connectivity index (χ3v) is 4.71. The number of carbonyl (C=O) groups is 1. The summed E-state index contributed by atoms with van der Waals surface area (Å²) in [7, 11) is 0. The molecule has 2 aromatic rings. The van der Waals surface area contributed by atoms with Gasteiger partial charge in [0.2, 0.25) is 0 Å². The van der Waals surface area contributed by atoms with Crippen LogP contribution >= 0.6 is 0 Å². The van der Waals surface area contributed by atoms with Gasteiger partial charge in [0.1, 0.15) is 5.82 Å². The van der Waals surface area contributed by atoms with Gasteiger partial charge in [0.25, 0.3) is 5.91 Å². The van der Waals surface area contributed by atoms with Crippen LogP contribution in [0, 0.1) is 5.82 Å². The molecule has 2 N–H and O–H groups in total. The molecule has 4 rings (SSSR count). The van der Waals surface area contributed by atoms with E-state index in [0.29, 0.717) is 5.69 Å². The van der Waals surface area contributed by atoms with Crippen molar-refractivity contribution in [3.63, 3.8) is 0 Å². The number of nitrogens with one attached hydrogen (secondary N) is 2. The second-order valence-corrected chi connectivity index (χ2v) is 6.42. The van der Waals surface area contributed by atoms with Crippen LogP contribution < -0.4 is 5.32 Å². The molecule has 1 aromatic carbocycles. The van der Waals surface area contributed by atoms with Crippen molar-refractivity contribution < 1.29 is 9.18 Å². The van der Waals surface area contributed by atoms with Gasteiger partial charge in [-0.05, 0) is 56.2 Å². The lowest BCUT2D eigenvalue weighted by Crippen LogP contribution is -2.39. The number of H-pyrrole nitrogens is 1. The van der Waals surface area contributed by atoms with Crippen molar-refractivity contribution in [1.82, 2.24) is 15.5 Å². The third kappa shape index (κ3) is 2.40. The van der Waals surface area contributed by atoms with Crippen molar-refractivity contribution in [3.8, 4) is 0 Å². The number of hydrogen-bond donors (Lipinski definition) is 2. The number of aromatic nitrogens is 2. The highest BCUT2D eigenvalue weighted by Gasteiger charge is 2.44. The first-order chi connectivity index (χ1) is 10.7. The summed E-state index contributed by atoms with van der Waals surface area (Å²) in [6.07, 6.45) is 5.66. The van der Waals surface area contributed by atoms with E-state index in [0.717, 1.165) is 55.3 Å². The number of carbonyl (C=O) groups excluding carboxylic acids is 1. The van der Waals surface area contributed by atoms with Crippen LogP contribution in [0.3, 0.4) is 0 Å². The van der Waals surface area contributed by atoms with Gasteiger partial charge in [-0.2, -0.15) is 5.10 Å². The molecule has 1 saturated carbocycles. The minimum absolute atomic E-state index is 0.0842. The maximum absolute atomic E-state index is 13.0. The maximum atomic E-state index is 13.0. The van der Waals surface area contributed by atoms with E-state index in [2.05, 4.69) is 15.5 Å². The number of fused-ring (bicyclic) bond motifs is 1. The zero-order chi connectivity index (χ0) is 15.2. The van der Waals surface area contributed by atoms with E-state index in [-0.39, 0.29) is 17.3 Å². The summed E-state index contributed by atoms with van der Waals surface area (Å²) in [6.45, 7) is 0. The Kier molecular flexibility index (Phi) is 3.03. The lowest BCUT2D eigenvalue weighted by Gasteiger charge is -2.17. The van der Waals surface area contributed by atoms with Gasteiger partial charge in [-0.25, -0.2) is 4.39 Å². The molecule has 0 spiro atoms. The summed E-state index contributed by atoms with van der Waals surface area (Å²) < 4.78 is 13.0. The molecule has 2 aliphatic carbocycles. The minimum atomic E-state index is -0.232. The second kappa shape index (κ2) is 4.93. The Labute approximate surface area is 128 Å². The maximum Gasteiger partial charge on any atom is 0.272 e. The van der Waals surface area contributed by atoms with Crippen LogP contribution in [0.15, 0.2) is 24.3 Å². The van der Waals surface area contributed by atoms with Crippen LogP contribution in [0.2, 0.25) is 0 Å². The van der Waals surface area contributed by atoms with Crippen molar-refractivity contribution >= 4 is 5.91 Å². The summed E-state index contributed by atoms with van der Waals surface area (Å²) in [5.41, 5.74) is 3.60. The van der Waals surface area contributed by atoms with Crippen LogP contribution in [0.1, 0.15) is 46.6 Å². The Morgan fingerprint density at radius 3 is 2.77 bits per heavy atom. The van der Waals surface area contributed by atoms with Crippen molar-refractivity contribution in [2.75, 3.05) is 0 Å². The summed E-state index contributed by atoms with van der Waals surface area (Å²) >= 11 is 0. The lowest BCUT2D eigenvalue weighted by molar-refractivity contribution is 0.0925. The normalized spacial score (nSPS) is 18.0. The summed E-state index contributed by atoms with van der Waals surface area (Å²) in [5, 5.41) is 10.3. The third-order valence-electron chi connectivity index (χ3n) is 4.71.